The number of carbonyl (C=O) groups is 1. The Labute approximate surface area is 122 Å². The van der Waals surface area contributed by atoms with Gasteiger partial charge in [0, 0.05) is 24.5 Å². The summed E-state index contributed by atoms with van der Waals surface area (Å²) in [7, 11) is -3.53. The zero-order valence-corrected chi connectivity index (χ0v) is 12.0. The van der Waals surface area contributed by atoms with E-state index in [1.54, 1.807) is 47.4 Å². The van der Waals surface area contributed by atoms with Gasteiger partial charge in [0.1, 0.15) is 0 Å². The van der Waals surface area contributed by atoms with E-state index in [4.69, 9.17) is 5.11 Å². The summed E-state index contributed by atoms with van der Waals surface area (Å²) in [5.74, 6) is -1.23. The molecular weight excluding hydrogens is 294 g/mol. The van der Waals surface area contributed by atoms with Gasteiger partial charge in [-0.1, -0.05) is 0 Å². The van der Waals surface area contributed by atoms with Crippen molar-refractivity contribution in [1.82, 2.24) is 9.78 Å². The van der Waals surface area contributed by atoms with Gasteiger partial charge in [-0.15, -0.1) is 0 Å². The number of carboxylic acid groups (broad SMARTS) is 1. The molecule has 0 unspecified atom stereocenters. The average Bonchev–Trinajstić information content (AvgIpc) is 2.92. The third-order valence-electron chi connectivity index (χ3n) is 2.71. The number of sulfonamides is 1. The number of carboxylic acids is 1. The van der Waals surface area contributed by atoms with E-state index in [9.17, 15) is 13.2 Å². The fraction of sp³-hybridized carbons (Fsp3) is 0.231. The van der Waals surface area contributed by atoms with E-state index in [2.05, 4.69) is 9.82 Å². The largest absolute Gasteiger partial charge is 0.481 e. The lowest BCUT2D eigenvalue weighted by Crippen LogP contribution is -2.17. The third kappa shape index (κ3) is 4.60. The summed E-state index contributed by atoms with van der Waals surface area (Å²) in [4.78, 5) is 10.4. The van der Waals surface area contributed by atoms with Crippen molar-refractivity contribution in [1.29, 1.82) is 0 Å². The van der Waals surface area contributed by atoms with E-state index in [-0.39, 0.29) is 18.6 Å². The Balaban J connectivity index is 1.98. The lowest BCUT2D eigenvalue weighted by molar-refractivity contribution is -0.137. The van der Waals surface area contributed by atoms with Crippen LogP contribution in [0.4, 0.5) is 5.69 Å². The van der Waals surface area contributed by atoms with Gasteiger partial charge in [-0.05, 0) is 36.8 Å². The van der Waals surface area contributed by atoms with Crippen LogP contribution in [0, 0.1) is 0 Å². The lowest BCUT2D eigenvalue weighted by atomic mass is 10.3. The van der Waals surface area contributed by atoms with Crippen molar-refractivity contribution in [3.8, 4) is 5.69 Å². The van der Waals surface area contributed by atoms with E-state index in [1.165, 1.54) is 0 Å². The second-order valence-electron chi connectivity index (χ2n) is 4.42. The van der Waals surface area contributed by atoms with E-state index < -0.39 is 16.0 Å². The van der Waals surface area contributed by atoms with E-state index in [0.717, 1.165) is 5.69 Å². The molecule has 0 saturated heterocycles. The van der Waals surface area contributed by atoms with Crippen LogP contribution in [0.1, 0.15) is 12.8 Å². The van der Waals surface area contributed by atoms with Crippen LogP contribution in [0.2, 0.25) is 0 Å². The fourth-order valence-corrected chi connectivity index (χ4v) is 2.87. The van der Waals surface area contributed by atoms with Crippen LogP contribution in [0.15, 0.2) is 42.7 Å². The quantitative estimate of drug-likeness (QED) is 0.806. The van der Waals surface area contributed by atoms with Gasteiger partial charge in [0.2, 0.25) is 10.0 Å². The average molecular weight is 309 g/mol. The highest BCUT2D eigenvalue weighted by Gasteiger charge is 2.11. The van der Waals surface area contributed by atoms with Gasteiger partial charge in [0.25, 0.3) is 0 Å². The van der Waals surface area contributed by atoms with Gasteiger partial charge in [0.15, 0.2) is 0 Å². The molecule has 0 atom stereocenters. The van der Waals surface area contributed by atoms with Crippen molar-refractivity contribution in [2.75, 3.05) is 10.5 Å². The molecule has 1 heterocycles. The Morgan fingerprint density at radius 2 is 2.00 bits per heavy atom. The summed E-state index contributed by atoms with van der Waals surface area (Å²) in [6.45, 7) is 0. The molecule has 2 rings (SSSR count). The fourth-order valence-electron chi connectivity index (χ4n) is 1.75. The molecule has 0 spiro atoms. The Morgan fingerprint density at radius 1 is 1.29 bits per heavy atom. The summed E-state index contributed by atoms with van der Waals surface area (Å²) in [5.41, 5.74) is 1.25. The van der Waals surface area contributed by atoms with Gasteiger partial charge in [0.05, 0.1) is 11.4 Å². The van der Waals surface area contributed by atoms with Gasteiger partial charge < -0.3 is 5.11 Å². The molecule has 2 aromatic rings. The molecule has 0 fully saturated rings. The van der Waals surface area contributed by atoms with Crippen molar-refractivity contribution in [2.24, 2.45) is 0 Å². The molecule has 1 aromatic heterocycles. The Bertz CT molecular complexity index is 694. The first kappa shape index (κ1) is 15.0. The van der Waals surface area contributed by atoms with Gasteiger partial charge in [-0.2, -0.15) is 5.10 Å². The lowest BCUT2D eigenvalue weighted by Gasteiger charge is -2.08. The number of nitrogens with zero attached hydrogens (tertiary/aromatic N) is 2. The Kier molecular flexibility index (Phi) is 4.59. The first-order valence-corrected chi connectivity index (χ1v) is 7.94. The van der Waals surface area contributed by atoms with Crippen LogP contribution < -0.4 is 4.72 Å². The van der Waals surface area contributed by atoms with Gasteiger partial charge >= 0.3 is 5.97 Å². The zero-order valence-electron chi connectivity index (χ0n) is 11.1. The number of aliphatic carboxylic acids is 1. The molecule has 0 aliphatic heterocycles. The summed E-state index contributed by atoms with van der Waals surface area (Å²) < 4.78 is 27.6. The Hall–Kier alpha value is -2.35. The maximum atomic E-state index is 11.8. The number of rotatable bonds is 7. The van der Waals surface area contributed by atoms with Gasteiger partial charge in [-0.3, -0.25) is 9.52 Å². The molecule has 7 nitrogen and oxygen atoms in total. The summed E-state index contributed by atoms with van der Waals surface area (Å²) in [6, 6.07) is 8.53. The number of benzene rings is 1. The highest BCUT2D eigenvalue weighted by atomic mass is 32.2. The maximum absolute atomic E-state index is 11.8. The molecular formula is C13H15N3O4S. The van der Waals surface area contributed by atoms with Crippen LogP contribution in [-0.4, -0.2) is 35.0 Å². The molecule has 8 heteroatoms. The van der Waals surface area contributed by atoms with E-state index >= 15 is 0 Å². The number of hydrogen-bond acceptors (Lipinski definition) is 4. The summed E-state index contributed by atoms with van der Waals surface area (Å²) in [6.07, 6.45) is 3.35. The molecule has 0 bridgehead atoms. The minimum atomic E-state index is -3.53. The minimum absolute atomic E-state index is 0.0794. The van der Waals surface area contributed by atoms with E-state index in [1.807, 2.05) is 0 Å². The van der Waals surface area contributed by atoms with Crippen molar-refractivity contribution in [2.45, 2.75) is 12.8 Å². The first-order chi connectivity index (χ1) is 9.96. The highest BCUT2D eigenvalue weighted by molar-refractivity contribution is 7.92. The number of aromatic nitrogens is 2. The standard InChI is InChI=1S/C13H15N3O4S/c17-13(18)3-1-10-21(19,20)15-11-4-6-12(7-5-11)16-9-2-8-14-16/h2,4-9,15H,1,3,10H2,(H,17,18). The van der Waals surface area contributed by atoms with Crippen LogP contribution in [-0.2, 0) is 14.8 Å². The predicted octanol–water partition coefficient (Wildman–Crippen LogP) is 1.48. The SMILES string of the molecule is O=C(O)CCCS(=O)(=O)Nc1ccc(-n2cccn2)cc1. The van der Waals surface area contributed by atoms with Crippen molar-refractivity contribution in [3.63, 3.8) is 0 Å². The second-order valence-corrected chi connectivity index (χ2v) is 6.26. The van der Waals surface area contributed by atoms with Crippen LogP contribution in [0.3, 0.4) is 0 Å². The minimum Gasteiger partial charge on any atom is -0.481 e. The molecule has 0 radical (unpaired) electrons. The normalized spacial score (nSPS) is 11.2. The molecule has 21 heavy (non-hydrogen) atoms. The smallest absolute Gasteiger partial charge is 0.303 e. The predicted molar refractivity (Wildman–Crippen MR) is 77.8 cm³/mol. The monoisotopic (exact) mass is 309 g/mol. The van der Waals surface area contributed by atoms with Crippen LogP contribution >= 0.6 is 0 Å². The van der Waals surface area contributed by atoms with Gasteiger partial charge in [-0.25, -0.2) is 13.1 Å². The van der Waals surface area contributed by atoms with Crippen molar-refractivity contribution < 1.29 is 18.3 Å². The number of hydrogen-bond donors (Lipinski definition) is 2. The number of nitrogens with one attached hydrogen (secondary N) is 1. The third-order valence-corrected chi connectivity index (χ3v) is 4.09. The molecule has 1 aromatic carbocycles. The Morgan fingerprint density at radius 3 is 2.57 bits per heavy atom. The van der Waals surface area contributed by atoms with Crippen molar-refractivity contribution in [3.05, 3.63) is 42.7 Å². The maximum Gasteiger partial charge on any atom is 0.303 e. The highest BCUT2D eigenvalue weighted by Crippen LogP contribution is 2.14. The molecule has 0 aliphatic carbocycles. The van der Waals surface area contributed by atoms with Crippen LogP contribution in [0.5, 0.6) is 0 Å². The zero-order chi connectivity index (χ0) is 15.3. The summed E-state index contributed by atoms with van der Waals surface area (Å²) in [5, 5.41) is 12.6. The summed E-state index contributed by atoms with van der Waals surface area (Å²) >= 11 is 0. The molecule has 0 amide bonds. The van der Waals surface area contributed by atoms with E-state index in [0.29, 0.717) is 5.69 Å². The topological polar surface area (TPSA) is 101 Å². The molecule has 0 aliphatic rings. The molecule has 112 valence electrons. The molecule has 0 saturated carbocycles. The number of anilines is 1. The second kappa shape index (κ2) is 6.40. The van der Waals surface area contributed by atoms with Crippen molar-refractivity contribution >= 4 is 21.7 Å². The first-order valence-electron chi connectivity index (χ1n) is 6.29. The van der Waals surface area contributed by atoms with Crippen LogP contribution in [0.25, 0.3) is 5.69 Å². The molecule has 2 N–H and O–H groups in total.